The van der Waals surface area contributed by atoms with Gasteiger partial charge in [0.25, 0.3) is 5.56 Å². The number of aromatic amines is 1. The molecule has 0 aliphatic carbocycles. The van der Waals surface area contributed by atoms with Crippen LogP contribution in [0.4, 0.5) is 0 Å². The number of nitrogens with one attached hydrogen (secondary N) is 1. The van der Waals surface area contributed by atoms with E-state index >= 15 is 0 Å². The molecule has 27 heavy (non-hydrogen) atoms. The molecule has 0 saturated carbocycles. The number of carbonyl (C=O) groups excluding carboxylic acids is 1. The highest BCUT2D eigenvalue weighted by Gasteiger charge is 2.29. The van der Waals surface area contributed by atoms with Gasteiger partial charge in [-0.3, -0.25) is 14.5 Å². The molecule has 1 aromatic carbocycles. The van der Waals surface area contributed by atoms with Crippen LogP contribution in [0.1, 0.15) is 25.0 Å². The fraction of sp³-hybridized carbons (Fsp3) is 0.550. The lowest BCUT2D eigenvalue weighted by Gasteiger charge is -2.39. The molecule has 0 radical (unpaired) electrons. The van der Waals surface area contributed by atoms with Crippen LogP contribution in [0.2, 0.25) is 0 Å². The highest BCUT2D eigenvalue weighted by atomic mass is 16.5. The summed E-state index contributed by atoms with van der Waals surface area (Å²) in [6.07, 6.45) is 3.48. The molecule has 0 spiro atoms. The Morgan fingerprint density at radius 2 is 1.93 bits per heavy atom. The van der Waals surface area contributed by atoms with Gasteiger partial charge in [0.2, 0.25) is 5.91 Å². The standard InChI is InChI=1S/C20H26N4O3/c25-19(13-18-16-6-1-2-7-17(16)20(26)22-21-18)24-8-4-3-5-15(24)14-23-9-11-27-12-10-23/h1-2,6-7,15H,3-5,8-14H2,(H,22,26)/t15-/m1/s1. The van der Waals surface area contributed by atoms with Gasteiger partial charge in [-0.25, -0.2) is 5.10 Å². The van der Waals surface area contributed by atoms with Gasteiger partial charge < -0.3 is 9.64 Å². The van der Waals surface area contributed by atoms with Crippen LogP contribution in [0.5, 0.6) is 0 Å². The maximum atomic E-state index is 13.1. The molecule has 144 valence electrons. The van der Waals surface area contributed by atoms with Crippen LogP contribution in [0.15, 0.2) is 29.1 Å². The molecule has 2 aromatic rings. The number of H-pyrrole nitrogens is 1. The van der Waals surface area contributed by atoms with Crippen LogP contribution in [-0.2, 0) is 16.0 Å². The molecule has 2 aliphatic rings. The summed E-state index contributed by atoms with van der Waals surface area (Å²) < 4.78 is 5.43. The van der Waals surface area contributed by atoms with Crippen molar-refractivity contribution in [1.82, 2.24) is 20.0 Å². The van der Waals surface area contributed by atoms with E-state index in [1.165, 1.54) is 6.42 Å². The molecule has 2 saturated heterocycles. The molecule has 4 rings (SSSR count). The first-order valence-corrected chi connectivity index (χ1v) is 9.78. The Morgan fingerprint density at radius 3 is 2.74 bits per heavy atom. The quantitative estimate of drug-likeness (QED) is 0.874. The minimum Gasteiger partial charge on any atom is -0.379 e. The van der Waals surface area contributed by atoms with Gasteiger partial charge in [0.05, 0.1) is 30.7 Å². The number of aromatic nitrogens is 2. The van der Waals surface area contributed by atoms with Gasteiger partial charge in [0.1, 0.15) is 0 Å². The zero-order valence-corrected chi connectivity index (χ0v) is 15.5. The van der Waals surface area contributed by atoms with Crippen molar-refractivity contribution in [3.8, 4) is 0 Å². The van der Waals surface area contributed by atoms with Crippen molar-refractivity contribution >= 4 is 16.7 Å². The summed E-state index contributed by atoms with van der Waals surface area (Å²) in [6, 6.07) is 7.58. The molecule has 0 unspecified atom stereocenters. The van der Waals surface area contributed by atoms with Gasteiger partial charge in [-0.1, -0.05) is 18.2 Å². The molecular weight excluding hydrogens is 344 g/mol. The second-order valence-electron chi connectivity index (χ2n) is 7.37. The number of fused-ring (bicyclic) bond motifs is 1. The highest BCUT2D eigenvalue weighted by Crippen LogP contribution is 2.21. The molecule has 1 N–H and O–H groups in total. The van der Waals surface area contributed by atoms with Gasteiger partial charge in [-0.2, -0.15) is 5.10 Å². The maximum Gasteiger partial charge on any atom is 0.272 e. The number of rotatable bonds is 4. The van der Waals surface area contributed by atoms with Crippen LogP contribution in [0, 0.1) is 0 Å². The SMILES string of the molecule is O=C(Cc1n[nH]c(=O)c2ccccc12)N1CCCC[C@@H]1CN1CCOCC1. The minimum atomic E-state index is -0.218. The summed E-state index contributed by atoms with van der Waals surface area (Å²) in [7, 11) is 0. The third-order valence-electron chi connectivity index (χ3n) is 5.61. The monoisotopic (exact) mass is 370 g/mol. The largest absolute Gasteiger partial charge is 0.379 e. The smallest absolute Gasteiger partial charge is 0.272 e. The van der Waals surface area contributed by atoms with Crippen LogP contribution in [0.25, 0.3) is 10.8 Å². The van der Waals surface area contributed by atoms with Crippen molar-refractivity contribution in [2.45, 2.75) is 31.7 Å². The normalized spacial score (nSPS) is 21.5. The number of nitrogens with zero attached hydrogens (tertiary/aromatic N) is 3. The van der Waals surface area contributed by atoms with Crippen molar-refractivity contribution in [2.24, 2.45) is 0 Å². The van der Waals surface area contributed by atoms with Crippen molar-refractivity contribution in [3.05, 3.63) is 40.3 Å². The molecule has 3 heterocycles. The van der Waals surface area contributed by atoms with Crippen LogP contribution in [-0.4, -0.2) is 71.3 Å². The Balaban J connectivity index is 1.51. The van der Waals surface area contributed by atoms with E-state index < -0.39 is 0 Å². The van der Waals surface area contributed by atoms with E-state index in [1.54, 1.807) is 6.07 Å². The summed E-state index contributed by atoms with van der Waals surface area (Å²) in [4.78, 5) is 29.5. The third kappa shape index (κ3) is 4.04. The topological polar surface area (TPSA) is 78.5 Å². The van der Waals surface area contributed by atoms with Crippen LogP contribution >= 0.6 is 0 Å². The third-order valence-corrected chi connectivity index (χ3v) is 5.61. The molecule has 1 aromatic heterocycles. The van der Waals surface area contributed by atoms with Crippen molar-refractivity contribution in [1.29, 1.82) is 0 Å². The fourth-order valence-corrected chi connectivity index (χ4v) is 4.15. The van der Waals surface area contributed by atoms with Gasteiger partial charge in [0.15, 0.2) is 0 Å². The van der Waals surface area contributed by atoms with E-state index in [2.05, 4.69) is 15.1 Å². The number of morpholine rings is 1. The van der Waals surface area contributed by atoms with E-state index in [0.717, 1.165) is 57.6 Å². The van der Waals surface area contributed by atoms with Gasteiger partial charge in [0, 0.05) is 37.6 Å². The Hall–Kier alpha value is -2.25. The first-order valence-electron chi connectivity index (χ1n) is 9.78. The average molecular weight is 370 g/mol. The van der Waals surface area contributed by atoms with E-state index in [1.807, 2.05) is 23.1 Å². The van der Waals surface area contributed by atoms with Gasteiger partial charge in [-0.05, 0) is 25.3 Å². The fourth-order valence-electron chi connectivity index (χ4n) is 4.15. The predicted molar refractivity (Wildman–Crippen MR) is 103 cm³/mol. The number of likely N-dealkylation sites (tertiary alicyclic amines) is 1. The molecule has 0 bridgehead atoms. The Morgan fingerprint density at radius 1 is 1.15 bits per heavy atom. The summed E-state index contributed by atoms with van der Waals surface area (Å²) in [5, 5.41) is 8.04. The van der Waals surface area contributed by atoms with Gasteiger partial charge >= 0.3 is 0 Å². The number of ether oxygens (including phenoxy) is 1. The molecule has 2 aliphatic heterocycles. The summed E-state index contributed by atoms with van der Waals surface area (Å²) in [6.45, 7) is 5.13. The van der Waals surface area contributed by atoms with E-state index in [0.29, 0.717) is 11.1 Å². The predicted octanol–water partition coefficient (Wildman–Crippen LogP) is 1.18. The highest BCUT2D eigenvalue weighted by molar-refractivity contribution is 5.88. The lowest BCUT2D eigenvalue weighted by molar-refractivity contribution is -0.134. The Kier molecular flexibility index (Phi) is 5.50. The number of amides is 1. The number of carbonyl (C=O) groups is 1. The van der Waals surface area contributed by atoms with E-state index in [4.69, 9.17) is 4.74 Å². The van der Waals surface area contributed by atoms with Crippen molar-refractivity contribution < 1.29 is 9.53 Å². The second kappa shape index (κ2) is 8.19. The van der Waals surface area contributed by atoms with Crippen molar-refractivity contribution in [3.63, 3.8) is 0 Å². The number of hydrogen-bond acceptors (Lipinski definition) is 5. The number of piperidine rings is 1. The zero-order valence-electron chi connectivity index (χ0n) is 15.5. The first-order chi connectivity index (χ1) is 13.2. The zero-order chi connectivity index (χ0) is 18.6. The maximum absolute atomic E-state index is 13.1. The Labute approximate surface area is 158 Å². The van der Waals surface area contributed by atoms with E-state index in [-0.39, 0.29) is 23.9 Å². The Bertz CT molecular complexity index is 860. The summed E-state index contributed by atoms with van der Waals surface area (Å²) in [5.41, 5.74) is 0.427. The summed E-state index contributed by atoms with van der Waals surface area (Å²) in [5.74, 6) is 0.0951. The summed E-state index contributed by atoms with van der Waals surface area (Å²) >= 11 is 0. The molecule has 7 nitrogen and oxygen atoms in total. The van der Waals surface area contributed by atoms with Crippen LogP contribution in [0.3, 0.4) is 0 Å². The second-order valence-corrected chi connectivity index (χ2v) is 7.37. The lowest BCUT2D eigenvalue weighted by atomic mass is 10.00. The average Bonchev–Trinajstić information content (AvgIpc) is 2.71. The van der Waals surface area contributed by atoms with Crippen LogP contribution < -0.4 is 5.56 Å². The molecule has 2 fully saturated rings. The first kappa shape index (κ1) is 18.1. The number of hydrogen-bond donors (Lipinski definition) is 1. The van der Waals surface area contributed by atoms with Gasteiger partial charge in [-0.15, -0.1) is 0 Å². The molecule has 1 amide bonds. The number of benzene rings is 1. The molecular formula is C20H26N4O3. The molecule has 7 heteroatoms. The minimum absolute atomic E-state index is 0.0951. The van der Waals surface area contributed by atoms with E-state index in [9.17, 15) is 9.59 Å². The lowest BCUT2D eigenvalue weighted by Crippen LogP contribution is -2.51. The van der Waals surface area contributed by atoms with Crippen molar-refractivity contribution in [2.75, 3.05) is 39.4 Å². The molecule has 1 atom stereocenters.